The molecule has 2 aromatic heterocycles. The van der Waals surface area contributed by atoms with Crippen LogP contribution in [-0.4, -0.2) is 20.4 Å². The highest BCUT2D eigenvalue weighted by Gasteiger charge is 2.14. The number of hydrogen-bond acceptors (Lipinski definition) is 6. The van der Waals surface area contributed by atoms with E-state index >= 15 is 0 Å². The van der Waals surface area contributed by atoms with Gasteiger partial charge in [0.15, 0.2) is 5.69 Å². The van der Waals surface area contributed by atoms with Crippen LogP contribution in [-0.2, 0) is 0 Å². The molecular formula is C12H9N3O3. The van der Waals surface area contributed by atoms with Crippen LogP contribution < -0.4 is 0 Å². The molecule has 3 aromatic rings. The first kappa shape index (κ1) is 10.5. The second-order valence-corrected chi connectivity index (χ2v) is 3.80. The van der Waals surface area contributed by atoms with Crippen molar-refractivity contribution < 1.29 is 14.2 Å². The molecule has 2 heterocycles. The molecule has 1 N–H and O–H groups in total. The first-order chi connectivity index (χ1) is 8.72. The van der Waals surface area contributed by atoms with E-state index in [0.29, 0.717) is 22.8 Å². The number of nitrogens with zero attached hydrogens (tertiary/aromatic N) is 3. The molecule has 18 heavy (non-hydrogen) atoms. The van der Waals surface area contributed by atoms with E-state index in [-0.39, 0.29) is 11.6 Å². The normalized spacial score (nSPS) is 10.7. The SMILES string of the molecule is Cc1cc(-c2nc(-c3cccc(O)c3)no2)no1. The molecule has 0 aliphatic rings. The molecule has 0 amide bonds. The van der Waals surface area contributed by atoms with E-state index in [4.69, 9.17) is 9.05 Å². The fourth-order valence-corrected chi connectivity index (χ4v) is 1.56. The van der Waals surface area contributed by atoms with Gasteiger partial charge in [-0.25, -0.2) is 0 Å². The average Bonchev–Trinajstić information content (AvgIpc) is 2.97. The van der Waals surface area contributed by atoms with Crippen LogP contribution in [0.15, 0.2) is 39.4 Å². The monoisotopic (exact) mass is 243 g/mol. The summed E-state index contributed by atoms with van der Waals surface area (Å²) in [6.45, 7) is 1.78. The van der Waals surface area contributed by atoms with E-state index in [1.165, 1.54) is 0 Å². The van der Waals surface area contributed by atoms with Gasteiger partial charge in [-0.1, -0.05) is 22.4 Å². The van der Waals surface area contributed by atoms with Crippen molar-refractivity contribution in [3.05, 3.63) is 36.1 Å². The lowest BCUT2D eigenvalue weighted by atomic mass is 10.2. The van der Waals surface area contributed by atoms with Gasteiger partial charge in [0.25, 0.3) is 5.89 Å². The van der Waals surface area contributed by atoms with Crippen LogP contribution in [0.5, 0.6) is 5.75 Å². The topological polar surface area (TPSA) is 85.2 Å². The van der Waals surface area contributed by atoms with Crippen LogP contribution in [0.3, 0.4) is 0 Å². The van der Waals surface area contributed by atoms with Gasteiger partial charge in [0.05, 0.1) is 0 Å². The summed E-state index contributed by atoms with van der Waals surface area (Å²) < 4.78 is 10.0. The Bertz CT molecular complexity index is 687. The van der Waals surface area contributed by atoms with Gasteiger partial charge in [-0.2, -0.15) is 4.98 Å². The number of aromatic hydroxyl groups is 1. The summed E-state index contributed by atoms with van der Waals surface area (Å²) in [5.41, 5.74) is 1.16. The van der Waals surface area contributed by atoms with Crippen LogP contribution >= 0.6 is 0 Å². The number of benzene rings is 1. The third kappa shape index (κ3) is 1.84. The molecule has 0 aliphatic heterocycles. The van der Waals surface area contributed by atoms with Crippen molar-refractivity contribution in [1.82, 2.24) is 15.3 Å². The van der Waals surface area contributed by atoms with Crippen LogP contribution in [0, 0.1) is 6.92 Å². The zero-order valence-corrected chi connectivity index (χ0v) is 9.49. The molecule has 3 rings (SSSR count). The zero-order chi connectivity index (χ0) is 12.5. The third-order valence-corrected chi connectivity index (χ3v) is 2.38. The molecule has 0 fully saturated rings. The summed E-state index contributed by atoms with van der Waals surface area (Å²) in [6.07, 6.45) is 0. The van der Waals surface area contributed by atoms with E-state index in [9.17, 15) is 5.11 Å². The predicted octanol–water partition coefficient (Wildman–Crippen LogP) is 2.41. The third-order valence-electron chi connectivity index (χ3n) is 2.38. The fraction of sp³-hybridized carbons (Fsp3) is 0.0833. The molecule has 0 saturated heterocycles. The average molecular weight is 243 g/mol. The highest BCUT2D eigenvalue weighted by Crippen LogP contribution is 2.23. The van der Waals surface area contributed by atoms with E-state index in [1.807, 2.05) is 0 Å². The van der Waals surface area contributed by atoms with Crippen LogP contribution in [0.2, 0.25) is 0 Å². The van der Waals surface area contributed by atoms with E-state index in [1.54, 1.807) is 37.3 Å². The molecule has 6 nitrogen and oxygen atoms in total. The largest absolute Gasteiger partial charge is 0.508 e. The summed E-state index contributed by atoms with van der Waals surface area (Å²) in [7, 11) is 0. The summed E-state index contributed by atoms with van der Waals surface area (Å²) >= 11 is 0. The van der Waals surface area contributed by atoms with Gasteiger partial charge in [-0.15, -0.1) is 0 Å². The van der Waals surface area contributed by atoms with Gasteiger partial charge in [0.1, 0.15) is 11.5 Å². The Balaban J connectivity index is 1.99. The smallest absolute Gasteiger partial charge is 0.280 e. The highest BCUT2D eigenvalue weighted by atomic mass is 16.5. The lowest BCUT2D eigenvalue weighted by molar-refractivity contribution is 0.390. The lowest BCUT2D eigenvalue weighted by Crippen LogP contribution is -1.80. The summed E-state index contributed by atoms with van der Waals surface area (Å²) in [6, 6.07) is 8.33. The van der Waals surface area contributed by atoms with Crippen molar-refractivity contribution in [3.63, 3.8) is 0 Å². The Kier molecular flexibility index (Phi) is 2.33. The Hall–Kier alpha value is -2.63. The minimum Gasteiger partial charge on any atom is -0.508 e. The minimum absolute atomic E-state index is 0.149. The Labute approximate surface area is 102 Å². The number of aryl methyl sites for hydroxylation is 1. The Morgan fingerprint density at radius 1 is 1.11 bits per heavy atom. The molecule has 0 atom stereocenters. The maximum absolute atomic E-state index is 9.39. The molecule has 90 valence electrons. The summed E-state index contributed by atoms with van der Waals surface area (Å²) in [5.74, 6) is 1.49. The number of hydrogen-bond donors (Lipinski definition) is 1. The van der Waals surface area contributed by atoms with Gasteiger partial charge < -0.3 is 14.2 Å². The Morgan fingerprint density at radius 2 is 2.00 bits per heavy atom. The van der Waals surface area contributed by atoms with Crippen LogP contribution in [0.25, 0.3) is 23.0 Å². The maximum Gasteiger partial charge on any atom is 0.280 e. The van der Waals surface area contributed by atoms with Crippen molar-refractivity contribution in [1.29, 1.82) is 0 Å². The van der Waals surface area contributed by atoms with Crippen molar-refractivity contribution in [2.45, 2.75) is 6.92 Å². The van der Waals surface area contributed by atoms with E-state index in [0.717, 1.165) is 0 Å². The van der Waals surface area contributed by atoms with Crippen LogP contribution in [0.1, 0.15) is 5.76 Å². The molecule has 0 spiro atoms. The molecule has 0 aliphatic carbocycles. The maximum atomic E-state index is 9.39. The lowest BCUT2D eigenvalue weighted by Gasteiger charge is -1.94. The standard InChI is InChI=1S/C12H9N3O3/c1-7-5-10(14-17-7)12-13-11(15-18-12)8-3-2-4-9(16)6-8/h2-6,16H,1H3. The van der Waals surface area contributed by atoms with Crippen molar-refractivity contribution in [2.24, 2.45) is 0 Å². The first-order valence-corrected chi connectivity index (χ1v) is 5.29. The van der Waals surface area contributed by atoms with Gasteiger partial charge >= 0.3 is 0 Å². The van der Waals surface area contributed by atoms with Gasteiger partial charge in [0, 0.05) is 11.6 Å². The quantitative estimate of drug-likeness (QED) is 0.743. The molecule has 0 bridgehead atoms. The van der Waals surface area contributed by atoms with Gasteiger partial charge in [-0.3, -0.25) is 0 Å². The van der Waals surface area contributed by atoms with E-state index in [2.05, 4.69) is 15.3 Å². The molecule has 0 radical (unpaired) electrons. The first-order valence-electron chi connectivity index (χ1n) is 5.29. The van der Waals surface area contributed by atoms with Gasteiger partial charge in [0.2, 0.25) is 5.82 Å². The molecule has 1 aromatic carbocycles. The fourth-order valence-electron chi connectivity index (χ4n) is 1.56. The minimum atomic E-state index is 0.149. The van der Waals surface area contributed by atoms with Crippen molar-refractivity contribution in [2.75, 3.05) is 0 Å². The predicted molar refractivity (Wildman–Crippen MR) is 61.6 cm³/mol. The Morgan fingerprint density at radius 3 is 2.72 bits per heavy atom. The molecule has 6 heteroatoms. The van der Waals surface area contributed by atoms with Crippen molar-refractivity contribution >= 4 is 0 Å². The number of aromatic nitrogens is 3. The second kappa shape index (κ2) is 3.99. The number of rotatable bonds is 2. The molecule has 0 saturated carbocycles. The highest BCUT2D eigenvalue weighted by molar-refractivity contribution is 5.59. The zero-order valence-electron chi connectivity index (χ0n) is 9.49. The molecular weight excluding hydrogens is 234 g/mol. The van der Waals surface area contributed by atoms with Crippen LogP contribution in [0.4, 0.5) is 0 Å². The number of phenols is 1. The summed E-state index contributed by atoms with van der Waals surface area (Å²) in [5, 5.41) is 17.0. The summed E-state index contributed by atoms with van der Waals surface area (Å²) in [4.78, 5) is 4.19. The number of phenolic OH excluding ortho intramolecular Hbond substituents is 1. The van der Waals surface area contributed by atoms with E-state index < -0.39 is 0 Å². The van der Waals surface area contributed by atoms with Gasteiger partial charge in [-0.05, 0) is 19.1 Å². The van der Waals surface area contributed by atoms with Crippen molar-refractivity contribution in [3.8, 4) is 28.7 Å². The molecule has 0 unspecified atom stereocenters. The second-order valence-electron chi connectivity index (χ2n) is 3.80.